The van der Waals surface area contributed by atoms with Gasteiger partial charge in [-0.05, 0) is 24.3 Å². The number of hydrogen-bond acceptors (Lipinski definition) is 5. The molecule has 0 saturated carbocycles. The number of rotatable bonds is 7. The molecule has 4 nitrogen and oxygen atoms in total. The van der Waals surface area contributed by atoms with Gasteiger partial charge in [-0.25, -0.2) is 4.79 Å². The van der Waals surface area contributed by atoms with Crippen LogP contribution in [-0.2, 0) is 20.7 Å². The molecule has 22 heavy (non-hydrogen) atoms. The van der Waals surface area contributed by atoms with Gasteiger partial charge in [-0.1, -0.05) is 26.3 Å². The molecule has 0 N–H and O–H groups in total. The number of nitrogens with zero attached hydrogens (tertiary/aromatic N) is 1. The fraction of sp³-hybridized carbons (Fsp3) is 0.625. The molecule has 0 aromatic carbocycles. The number of hydrogen-bond donors (Lipinski definition) is 0. The largest absolute Gasteiger partial charge is 0.464 e. The first-order valence-electron chi connectivity index (χ1n) is 7.79. The molecule has 1 saturated heterocycles. The third kappa shape index (κ3) is 4.26. The van der Waals surface area contributed by atoms with Crippen molar-refractivity contribution in [3.05, 3.63) is 22.4 Å². The average molecular weight is 341 g/mol. The van der Waals surface area contributed by atoms with E-state index >= 15 is 0 Å². The minimum absolute atomic E-state index is 0.0248. The van der Waals surface area contributed by atoms with E-state index in [9.17, 15) is 9.59 Å². The number of unbranched alkanes of at least 4 members (excludes halogenated alkanes) is 1. The van der Waals surface area contributed by atoms with E-state index in [1.165, 1.54) is 0 Å². The van der Waals surface area contributed by atoms with Crippen molar-refractivity contribution in [3.8, 4) is 0 Å². The fourth-order valence-electron chi connectivity index (χ4n) is 2.46. The van der Waals surface area contributed by atoms with E-state index in [-0.39, 0.29) is 17.3 Å². The Morgan fingerprint density at radius 2 is 2.23 bits per heavy atom. The number of ether oxygens (including phenoxy) is 1. The Kier molecular flexibility index (Phi) is 6.76. The Morgan fingerprint density at radius 1 is 1.41 bits per heavy atom. The standard InChI is InChI=1S/C16H23NO3S2/c1-3-5-8-20-16(19)13-11-22-15(4-2)17(13)14(18)10-12-7-6-9-21-12/h6-7,9,13,15H,3-5,8,10-11H2,1-2H3. The first kappa shape index (κ1) is 17.3. The minimum atomic E-state index is -0.431. The zero-order valence-corrected chi connectivity index (χ0v) is 14.8. The van der Waals surface area contributed by atoms with E-state index in [0.717, 1.165) is 24.1 Å². The summed E-state index contributed by atoms with van der Waals surface area (Å²) in [4.78, 5) is 27.7. The summed E-state index contributed by atoms with van der Waals surface area (Å²) in [5, 5.41) is 2.05. The van der Waals surface area contributed by atoms with E-state index in [2.05, 4.69) is 6.92 Å². The number of amides is 1. The maximum absolute atomic E-state index is 12.6. The molecule has 0 aliphatic carbocycles. The topological polar surface area (TPSA) is 46.6 Å². The van der Waals surface area contributed by atoms with Gasteiger partial charge in [-0.2, -0.15) is 0 Å². The predicted molar refractivity (Wildman–Crippen MR) is 91.1 cm³/mol. The molecule has 0 spiro atoms. The molecule has 1 aliphatic rings. The molecule has 6 heteroatoms. The zero-order chi connectivity index (χ0) is 15.9. The lowest BCUT2D eigenvalue weighted by Gasteiger charge is -2.27. The van der Waals surface area contributed by atoms with Crippen LogP contribution in [0.4, 0.5) is 0 Å². The zero-order valence-electron chi connectivity index (χ0n) is 13.1. The van der Waals surface area contributed by atoms with Crippen LogP contribution in [0.5, 0.6) is 0 Å². The third-order valence-electron chi connectivity index (χ3n) is 3.65. The molecule has 0 radical (unpaired) electrons. The lowest BCUT2D eigenvalue weighted by Crippen LogP contribution is -2.46. The highest BCUT2D eigenvalue weighted by atomic mass is 32.2. The Bertz CT molecular complexity index is 490. The lowest BCUT2D eigenvalue weighted by molar-refractivity contribution is -0.154. The summed E-state index contributed by atoms with van der Waals surface area (Å²) in [6.45, 7) is 4.55. The molecule has 122 valence electrons. The van der Waals surface area contributed by atoms with Gasteiger partial charge in [0.1, 0.15) is 6.04 Å². The number of thioether (sulfide) groups is 1. The summed E-state index contributed by atoms with van der Waals surface area (Å²) >= 11 is 3.25. The van der Waals surface area contributed by atoms with Crippen LogP contribution in [0.1, 0.15) is 38.0 Å². The highest BCUT2D eigenvalue weighted by Gasteiger charge is 2.41. The van der Waals surface area contributed by atoms with Crippen molar-refractivity contribution in [1.82, 2.24) is 4.90 Å². The quantitative estimate of drug-likeness (QED) is 0.564. The van der Waals surface area contributed by atoms with Gasteiger partial charge in [-0.3, -0.25) is 4.79 Å². The van der Waals surface area contributed by atoms with E-state index < -0.39 is 6.04 Å². The molecular weight excluding hydrogens is 318 g/mol. The second-order valence-electron chi connectivity index (χ2n) is 5.29. The first-order chi connectivity index (χ1) is 10.7. The van der Waals surface area contributed by atoms with E-state index in [0.29, 0.717) is 18.8 Å². The average Bonchev–Trinajstić information content (AvgIpc) is 3.15. The summed E-state index contributed by atoms with van der Waals surface area (Å²) in [5.41, 5.74) is 0. The Hall–Kier alpha value is -1.01. The third-order valence-corrected chi connectivity index (χ3v) is 5.98. The van der Waals surface area contributed by atoms with E-state index in [1.54, 1.807) is 28.0 Å². The molecular formula is C16H23NO3S2. The van der Waals surface area contributed by atoms with Crippen LogP contribution in [0, 0.1) is 0 Å². The molecule has 0 bridgehead atoms. The van der Waals surface area contributed by atoms with Gasteiger partial charge < -0.3 is 9.64 Å². The normalized spacial score (nSPS) is 21.1. The van der Waals surface area contributed by atoms with Crippen molar-refractivity contribution < 1.29 is 14.3 Å². The van der Waals surface area contributed by atoms with Crippen molar-refractivity contribution >= 4 is 35.0 Å². The summed E-state index contributed by atoms with van der Waals surface area (Å²) in [6, 6.07) is 3.47. The summed E-state index contributed by atoms with van der Waals surface area (Å²) in [7, 11) is 0. The minimum Gasteiger partial charge on any atom is -0.464 e. The smallest absolute Gasteiger partial charge is 0.329 e. The molecule has 1 aromatic heterocycles. The molecule has 2 atom stereocenters. The monoisotopic (exact) mass is 341 g/mol. The molecule has 2 unspecified atom stereocenters. The van der Waals surface area contributed by atoms with Gasteiger partial charge in [0.2, 0.25) is 5.91 Å². The predicted octanol–water partition coefficient (Wildman–Crippen LogP) is 3.31. The van der Waals surface area contributed by atoms with Crippen molar-refractivity contribution in [2.45, 2.75) is 50.9 Å². The van der Waals surface area contributed by atoms with Crippen LogP contribution >= 0.6 is 23.1 Å². The second kappa shape index (κ2) is 8.58. The summed E-state index contributed by atoms with van der Waals surface area (Å²) < 4.78 is 5.33. The number of carbonyl (C=O) groups excluding carboxylic acids is 2. The van der Waals surface area contributed by atoms with Crippen LogP contribution in [-0.4, -0.2) is 40.6 Å². The summed E-state index contributed by atoms with van der Waals surface area (Å²) in [5.74, 6) is 0.410. The van der Waals surface area contributed by atoms with Gasteiger partial charge in [0.05, 0.1) is 18.4 Å². The number of thiophene rings is 1. The fourth-order valence-corrected chi connectivity index (χ4v) is 4.52. The molecule has 1 aromatic rings. The molecule has 1 fully saturated rings. The van der Waals surface area contributed by atoms with Crippen LogP contribution in [0.3, 0.4) is 0 Å². The highest BCUT2D eigenvalue weighted by molar-refractivity contribution is 8.00. The lowest BCUT2D eigenvalue weighted by atomic mass is 10.2. The molecule has 2 rings (SSSR count). The maximum Gasteiger partial charge on any atom is 0.329 e. The number of esters is 1. The van der Waals surface area contributed by atoms with Gasteiger partial charge in [0.25, 0.3) is 0 Å². The summed E-state index contributed by atoms with van der Waals surface area (Å²) in [6.07, 6.45) is 3.07. The van der Waals surface area contributed by atoms with Crippen LogP contribution in [0.15, 0.2) is 17.5 Å². The van der Waals surface area contributed by atoms with Gasteiger partial charge in [-0.15, -0.1) is 23.1 Å². The Labute approximate surface area is 140 Å². The van der Waals surface area contributed by atoms with Crippen LogP contribution in [0.2, 0.25) is 0 Å². The van der Waals surface area contributed by atoms with Gasteiger partial charge in [0.15, 0.2) is 0 Å². The molecule has 1 aliphatic heterocycles. The number of carbonyl (C=O) groups is 2. The van der Waals surface area contributed by atoms with Crippen molar-refractivity contribution in [2.75, 3.05) is 12.4 Å². The highest BCUT2D eigenvalue weighted by Crippen LogP contribution is 2.32. The van der Waals surface area contributed by atoms with Crippen molar-refractivity contribution in [3.63, 3.8) is 0 Å². The van der Waals surface area contributed by atoms with Crippen LogP contribution < -0.4 is 0 Å². The van der Waals surface area contributed by atoms with E-state index in [4.69, 9.17) is 4.74 Å². The Morgan fingerprint density at radius 3 is 2.86 bits per heavy atom. The molecule has 1 amide bonds. The van der Waals surface area contributed by atoms with Crippen molar-refractivity contribution in [1.29, 1.82) is 0 Å². The van der Waals surface area contributed by atoms with E-state index in [1.807, 2.05) is 24.4 Å². The second-order valence-corrected chi connectivity index (χ2v) is 7.53. The first-order valence-corrected chi connectivity index (χ1v) is 9.72. The van der Waals surface area contributed by atoms with Gasteiger partial charge >= 0.3 is 5.97 Å². The van der Waals surface area contributed by atoms with Crippen LogP contribution in [0.25, 0.3) is 0 Å². The SMILES string of the molecule is CCCCOC(=O)C1CSC(CC)N1C(=O)Cc1cccs1. The maximum atomic E-state index is 12.6. The molecule has 2 heterocycles. The Balaban J connectivity index is 2.02. The van der Waals surface area contributed by atoms with Gasteiger partial charge in [0, 0.05) is 10.6 Å². The van der Waals surface area contributed by atoms with Crippen molar-refractivity contribution in [2.24, 2.45) is 0 Å².